The summed E-state index contributed by atoms with van der Waals surface area (Å²) in [6.07, 6.45) is 4.25. The van der Waals surface area contributed by atoms with E-state index in [1.807, 2.05) is 26.1 Å². The SMILES string of the molecule is Cc1cc(Oc2nc3c(cc2C(=N)N)CCCC3)n(C)n1. The fourth-order valence-electron chi connectivity index (χ4n) is 2.67. The number of nitrogens with two attached hydrogens (primary N) is 1. The maximum atomic E-state index is 7.75. The first-order valence-corrected chi connectivity index (χ1v) is 7.10. The number of ether oxygens (including phenoxy) is 1. The molecule has 2 aromatic rings. The van der Waals surface area contributed by atoms with Crippen LogP contribution in [0.5, 0.6) is 11.8 Å². The molecule has 0 unspecified atom stereocenters. The van der Waals surface area contributed by atoms with Crippen LogP contribution in [0.4, 0.5) is 0 Å². The summed E-state index contributed by atoms with van der Waals surface area (Å²) in [5.74, 6) is 0.967. The minimum Gasteiger partial charge on any atom is -0.420 e. The number of nitrogens with one attached hydrogen (secondary N) is 1. The third-order valence-corrected chi connectivity index (χ3v) is 3.72. The predicted octanol–water partition coefficient (Wildman–Crippen LogP) is 2.08. The van der Waals surface area contributed by atoms with E-state index in [1.165, 1.54) is 5.56 Å². The molecular formula is C15H19N5O. The van der Waals surface area contributed by atoms with Crippen LogP contribution >= 0.6 is 0 Å². The van der Waals surface area contributed by atoms with Crippen LogP contribution in [0, 0.1) is 12.3 Å². The number of aryl methyl sites for hydroxylation is 4. The molecule has 0 radical (unpaired) electrons. The number of nitrogen functional groups attached to an aromatic ring is 1. The summed E-state index contributed by atoms with van der Waals surface area (Å²) in [5, 5.41) is 12.0. The van der Waals surface area contributed by atoms with Crippen LogP contribution in [0.2, 0.25) is 0 Å². The molecule has 1 aliphatic carbocycles. The average Bonchev–Trinajstić information content (AvgIpc) is 2.76. The number of amidine groups is 1. The number of hydrogen-bond acceptors (Lipinski definition) is 4. The van der Waals surface area contributed by atoms with Crippen molar-refractivity contribution in [1.29, 1.82) is 5.41 Å². The maximum absolute atomic E-state index is 7.75. The topological polar surface area (TPSA) is 89.8 Å². The van der Waals surface area contributed by atoms with E-state index in [4.69, 9.17) is 15.9 Å². The standard InChI is InChI=1S/C15H19N5O/c1-9-7-13(20(2)19-9)21-15-11(14(16)17)8-10-5-3-4-6-12(10)18-15/h7-8H,3-6H2,1-2H3,(H3,16,17). The first-order chi connectivity index (χ1) is 10.0. The number of aromatic nitrogens is 3. The molecule has 0 aliphatic heterocycles. The lowest BCUT2D eigenvalue weighted by atomic mass is 9.95. The minimum absolute atomic E-state index is 0.0234. The fraction of sp³-hybridized carbons (Fsp3) is 0.400. The van der Waals surface area contributed by atoms with Crippen LogP contribution in [0.15, 0.2) is 12.1 Å². The highest BCUT2D eigenvalue weighted by atomic mass is 16.5. The second-order valence-corrected chi connectivity index (χ2v) is 5.42. The third-order valence-electron chi connectivity index (χ3n) is 3.72. The first kappa shape index (κ1) is 13.6. The minimum atomic E-state index is -0.0234. The Hall–Kier alpha value is -2.37. The lowest BCUT2D eigenvalue weighted by Gasteiger charge is -2.18. The van der Waals surface area contributed by atoms with Gasteiger partial charge in [0.15, 0.2) is 0 Å². The molecular weight excluding hydrogens is 266 g/mol. The largest absolute Gasteiger partial charge is 0.420 e. The molecule has 0 aromatic carbocycles. The van der Waals surface area contributed by atoms with Gasteiger partial charge < -0.3 is 10.5 Å². The van der Waals surface area contributed by atoms with Crippen LogP contribution < -0.4 is 10.5 Å². The van der Waals surface area contributed by atoms with Crippen LogP contribution in [-0.2, 0) is 19.9 Å². The Labute approximate surface area is 123 Å². The Kier molecular flexibility index (Phi) is 3.37. The smallest absolute Gasteiger partial charge is 0.232 e. The molecule has 0 saturated carbocycles. The average molecular weight is 285 g/mol. The van der Waals surface area contributed by atoms with E-state index in [0.29, 0.717) is 17.3 Å². The van der Waals surface area contributed by atoms with Gasteiger partial charge in [-0.25, -0.2) is 9.67 Å². The van der Waals surface area contributed by atoms with Crippen molar-refractivity contribution >= 4 is 5.84 Å². The van der Waals surface area contributed by atoms with E-state index >= 15 is 0 Å². The zero-order valence-electron chi connectivity index (χ0n) is 12.3. The Balaban J connectivity index is 2.03. The third kappa shape index (κ3) is 2.61. The number of nitrogens with zero attached hydrogens (tertiary/aromatic N) is 3. The molecule has 6 nitrogen and oxygen atoms in total. The van der Waals surface area contributed by atoms with E-state index in [-0.39, 0.29) is 5.84 Å². The fourth-order valence-corrected chi connectivity index (χ4v) is 2.67. The van der Waals surface area contributed by atoms with Crippen LogP contribution in [-0.4, -0.2) is 20.6 Å². The van der Waals surface area contributed by atoms with E-state index in [0.717, 1.165) is 37.1 Å². The predicted molar refractivity (Wildman–Crippen MR) is 79.9 cm³/mol. The van der Waals surface area contributed by atoms with Crippen LogP contribution in [0.25, 0.3) is 0 Å². The summed E-state index contributed by atoms with van der Waals surface area (Å²) in [6, 6.07) is 3.79. The van der Waals surface area contributed by atoms with Crippen LogP contribution in [0.1, 0.15) is 35.4 Å². The molecule has 0 atom stereocenters. The molecule has 0 amide bonds. The zero-order chi connectivity index (χ0) is 15.0. The van der Waals surface area contributed by atoms with Crippen molar-refractivity contribution in [3.63, 3.8) is 0 Å². The lowest BCUT2D eigenvalue weighted by molar-refractivity contribution is 0.411. The molecule has 0 spiro atoms. The number of rotatable bonds is 3. The van der Waals surface area contributed by atoms with Gasteiger partial charge in [0.25, 0.3) is 0 Å². The van der Waals surface area contributed by atoms with Gasteiger partial charge in [-0.15, -0.1) is 0 Å². The molecule has 3 rings (SSSR count). The molecule has 110 valence electrons. The van der Waals surface area contributed by atoms with Gasteiger partial charge in [0, 0.05) is 18.8 Å². The van der Waals surface area contributed by atoms with Crippen molar-refractivity contribution in [2.75, 3.05) is 0 Å². The van der Waals surface area contributed by atoms with Crippen LogP contribution in [0.3, 0.4) is 0 Å². The van der Waals surface area contributed by atoms with Crippen molar-refractivity contribution in [2.45, 2.75) is 32.6 Å². The highest BCUT2D eigenvalue weighted by molar-refractivity contribution is 5.97. The van der Waals surface area contributed by atoms with Crippen molar-refractivity contribution in [3.8, 4) is 11.8 Å². The van der Waals surface area contributed by atoms with Gasteiger partial charge in [-0.05, 0) is 44.2 Å². The summed E-state index contributed by atoms with van der Waals surface area (Å²) in [6.45, 7) is 1.90. The van der Waals surface area contributed by atoms with Gasteiger partial charge in [0.2, 0.25) is 11.8 Å². The highest BCUT2D eigenvalue weighted by Gasteiger charge is 2.19. The van der Waals surface area contributed by atoms with E-state index in [9.17, 15) is 0 Å². The summed E-state index contributed by atoms with van der Waals surface area (Å²) in [4.78, 5) is 4.60. The molecule has 0 bridgehead atoms. The van der Waals surface area contributed by atoms with E-state index in [2.05, 4.69) is 10.1 Å². The van der Waals surface area contributed by atoms with Gasteiger partial charge in [-0.3, -0.25) is 5.41 Å². The first-order valence-electron chi connectivity index (χ1n) is 7.10. The molecule has 2 aromatic heterocycles. The van der Waals surface area contributed by atoms with E-state index in [1.54, 1.807) is 4.68 Å². The summed E-state index contributed by atoms with van der Waals surface area (Å²) < 4.78 is 7.51. The zero-order valence-corrected chi connectivity index (χ0v) is 12.3. The second-order valence-electron chi connectivity index (χ2n) is 5.42. The number of fused-ring (bicyclic) bond motifs is 1. The monoisotopic (exact) mass is 285 g/mol. The molecule has 6 heteroatoms. The molecule has 3 N–H and O–H groups in total. The molecule has 0 saturated heterocycles. The van der Waals surface area contributed by atoms with Gasteiger partial charge in [0.1, 0.15) is 5.84 Å². The molecule has 1 aliphatic rings. The van der Waals surface area contributed by atoms with Crippen molar-refractivity contribution in [3.05, 3.63) is 34.6 Å². The molecule has 0 fully saturated rings. The Bertz CT molecular complexity index is 704. The van der Waals surface area contributed by atoms with Gasteiger partial charge in [0.05, 0.1) is 11.3 Å². The van der Waals surface area contributed by atoms with Crippen molar-refractivity contribution in [1.82, 2.24) is 14.8 Å². The van der Waals surface area contributed by atoms with Crippen molar-refractivity contribution in [2.24, 2.45) is 12.8 Å². The number of pyridine rings is 1. The summed E-state index contributed by atoms with van der Waals surface area (Å²) in [7, 11) is 1.81. The normalized spacial score (nSPS) is 13.8. The summed E-state index contributed by atoms with van der Waals surface area (Å²) in [5.41, 5.74) is 9.34. The van der Waals surface area contributed by atoms with Gasteiger partial charge in [-0.2, -0.15) is 5.10 Å². The maximum Gasteiger partial charge on any atom is 0.232 e. The quantitative estimate of drug-likeness (QED) is 0.667. The Morgan fingerprint density at radius 1 is 1.33 bits per heavy atom. The van der Waals surface area contributed by atoms with Gasteiger partial charge >= 0.3 is 0 Å². The van der Waals surface area contributed by atoms with Gasteiger partial charge in [-0.1, -0.05) is 0 Å². The second kappa shape index (κ2) is 5.20. The van der Waals surface area contributed by atoms with Crippen molar-refractivity contribution < 1.29 is 4.74 Å². The Morgan fingerprint density at radius 3 is 2.76 bits per heavy atom. The summed E-state index contributed by atoms with van der Waals surface area (Å²) >= 11 is 0. The molecule has 21 heavy (non-hydrogen) atoms. The highest BCUT2D eigenvalue weighted by Crippen LogP contribution is 2.29. The molecule has 2 heterocycles. The van der Waals surface area contributed by atoms with E-state index < -0.39 is 0 Å². The Morgan fingerprint density at radius 2 is 2.10 bits per heavy atom. The lowest BCUT2D eigenvalue weighted by Crippen LogP contribution is -2.16. The number of hydrogen-bond donors (Lipinski definition) is 2.